The first kappa shape index (κ1) is 13.0. The lowest BCUT2D eigenvalue weighted by Gasteiger charge is -2.09. The fourth-order valence-corrected chi connectivity index (χ4v) is 2.15. The summed E-state index contributed by atoms with van der Waals surface area (Å²) in [5.74, 6) is 2.48. The Morgan fingerprint density at radius 3 is 2.70 bits per heavy atom. The van der Waals surface area contributed by atoms with Crippen LogP contribution in [0.4, 0.5) is 0 Å². The first-order valence-corrected chi connectivity index (χ1v) is 6.59. The SMILES string of the molecule is NC(=S)c1ccc(Oc2ccc3c(c2)OCO3)c(Cl)c1. The van der Waals surface area contributed by atoms with E-state index in [1.54, 1.807) is 36.4 Å². The monoisotopic (exact) mass is 307 g/mol. The number of rotatable bonds is 3. The molecule has 3 rings (SSSR count). The summed E-state index contributed by atoms with van der Waals surface area (Å²) in [6.07, 6.45) is 0. The molecule has 2 N–H and O–H groups in total. The average Bonchev–Trinajstić information content (AvgIpc) is 2.88. The molecule has 0 atom stereocenters. The number of thiocarbonyl (C=S) groups is 1. The van der Waals surface area contributed by atoms with Gasteiger partial charge in [-0.2, -0.15) is 0 Å². The van der Waals surface area contributed by atoms with Crippen molar-refractivity contribution in [2.75, 3.05) is 6.79 Å². The number of ether oxygens (including phenoxy) is 3. The van der Waals surface area contributed by atoms with Crippen LogP contribution in [0.1, 0.15) is 5.56 Å². The van der Waals surface area contributed by atoms with E-state index in [1.165, 1.54) is 0 Å². The minimum Gasteiger partial charge on any atom is -0.456 e. The molecule has 0 aliphatic carbocycles. The van der Waals surface area contributed by atoms with E-state index in [0.717, 1.165) is 0 Å². The normalized spacial score (nSPS) is 12.2. The lowest BCUT2D eigenvalue weighted by atomic mass is 10.2. The Labute approximate surface area is 126 Å². The Morgan fingerprint density at radius 1 is 1.15 bits per heavy atom. The van der Waals surface area contributed by atoms with Crippen molar-refractivity contribution < 1.29 is 14.2 Å². The second-order valence-electron chi connectivity index (χ2n) is 4.13. The molecule has 1 aliphatic rings. The van der Waals surface area contributed by atoms with Crippen molar-refractivity contribution in [3.63, 3.8) is 0 Å². The molecule has 0 spiro atoms. The minimum absolute atomic E-state index is 0.224. The highest BCUT2D eigenvalue weighted by atomic mass is 35.5. The van der Waals surface area contributed by atoms with Crippen LogP contribution in [0.5, 0.6) is 23.0 Å². The highest BCUT2D eigenvalue weighted by Gasteiger charge is 2.14. The molecule has 2 aromatic rings. The predicted molar refractivity (Wildman–Crippen MR) is 80.0 cm³/mol. The molecule has 1 heterocycles. The van der Waals surface area contributed by atoms with Gasteiger partial charge >= 0.3 is 0 Å². The molecule has 0 saturated heterocycles. The maximum atomic E-state index is 6.14. The van der Waals surface area contributed by atoms with Gasteiger partial charge in [-0.1, -0.05) is 23.8 Å². The lowest BCUT2D eigenvalue weighted by molar-refractivity contribution is 0.174. The fraction of sp³-hybridized carbons (Fsp3) is 0.0714. The van der Waals surface area contributed by atoms with E-state index < -0.39 is 0 Å². The highest BCUT2D eigenvalue weighted by Crippen LogP contribution is 2.38. The summed E-state index contributed by atoms with van der Waals surface area (Å²) in [7, 11) is 0. The maximum Gasteiger partial charge on any atom is 0.231 e. The lowest BCUT2D eigenvalue weighted by Crippen LogP contribution is -2.08. The molecule has 20 heavy (non-hydrogen) atoms. The van der Waals surface area contributed by atoms with Crippen molar-refractivity contribution in [2.24, 2.45) is 5.73 Å². The topological polar surface area (TPSA) is 53.7 Å². The standard InChI is InChI=1S/C14H10ClNO3S/c15-10-5-8(14(16)20)1-3-11(10)19-9-2-4-12-13(6-9)18-7-17-12/h1-6H,7H2,(H2,16,20). The fourth-order valence-electron chi connectivity index (χ4n) is 1.80. The van der Waals surface area contributed by atoms with Gasteiger partial charge in [0, 0.05) is 11.6 Å². The Morgan fingerprint density at radius 2 is 1.95 bits per heavy atom. The number of hydrogen-bond acceptors (Lipinski definition) is 4. The summed E-state index contributed by atoms with van der Waals surface area (Å²) in [6, 6.07) is 10.5. The molecule has 0 amide bonds. The zero-order chi connectivity index (χ0) is 14.1. The van der Waals surface area contributed by atoms with E-state index in [0.29, 0.717) is 38.6 Å². The van der Waals surface area contributed by atoms with Crippen molar-refractivity contribution >= 4 is 28.8 Å². The van der Waals surface area contributed by atoms with Crippen LogP contribution >= 0.6 is 23.8 Å². The van der Waals surface area contributed by atoms with Gasteiger partial charge in [-0.15, -0.1) is 0 Å². The molecule has 6 heteroatoms. The van der Waals surface area contributed by atoms with E-state index >= 15 is 0 Å². The van der Waals surface area contributed by atoms with Crippen LogP contribution in [-0.4, -0.2) is 11.8 Å². The van der Waals surface area contributed by atoms with Gasteiger partial charge in [0.25, 0.3) is 0 Å². The van der Waals surface area contributed by atoms with Crippen LogP contribution in [0.2, 0.25) is 5.02 Å². The van der Waals surface area contributed by atoms with Gasteiger partial charge < -0.3 is 19.9 Å². The molecule has 2 aromatic carbocycles. The van der Waals surface area contributed by atoms with E-state index in [2.05, 4.69) is 0 Å². The molecule has 0 saturated carbocycles. The average molecular weight is 308 g/mol. The summed E-state index contributed by atoms with van der Waals surface area (Å²) < 4.78 is 16.2. The zero-order valence-electron chi connectivity index (χ0n) is 10.3. The molecular formula is C14H10ClNO3S. The minimum atomic E-state index is 0.224. The van der Waals surface area contributed by atoms with E-state index in [1.807, 2.05) is 0 Å². The molecule has 102 valence electrons. The van der Waals surface area contributed by atoms with Gasteiger partial charge in [-0.25, -0.2) is 0 Å². The van der Waals surface area contributed by atoms with Gasteiger partial charge in [-0.05, 0) is 30.3 Å². The third-order valence-electron chi connectivity index (χ3n) is 2.79. The molecule has 0 unspecified atom stereocenters. The molecule has 0 aromatic heterocycles. The number of benzene rings is 2. The van der Waals surface area contributed by atoms with Crippen molar-refractivity contribution in [1.29, 1.82) is 0 Å². The molecule has 0 fully saturated rings. The third-order valence-corrected chi connectivity index (χ3v) is 3.32. The Kier molecular flexibility index (Phi) is 3.38. The quantitative estimate of drug-likeness (QED) is 0.880. The third kappa shape index (κ3) is 2.50. The van der Waals surface area contributed by atoms with Crippen LogP contribution < -0.4 is 19.9 Å². The molecule has 1 aliphatic heterocycles. The smallest absolute Gasteiger partial charge is 0.231 e. The van der Waals surface area contributed by atoms with Crippen molar-refractivity contribution in [3.8, 4) is 23.0 Å². The molecule has 4 nitrogen and oxygen atoms in total. The number of hydrogen-bond donors (Lipinski definition) is 1. The van der Waals surface area contributed by atoms with Gasteiger partial charge in [0.15, 0.2) is 11.5 Å². The summed E-state index contributed by atoms with van der Waals surface area (Å²) >= 11 is 11.0. The van der Waals surface area contributed by atoms with Crippen LogP contribution in [0, 0.1) is 0 Å². The predicted octanol–water partition coefficient (Wildman–Crippen LogP) is 3.50. The zero-order valence-corrected chi connectivity index (χ0v) is 11.8. The van der Waals surface area contributed by atoms with Crippen molar-refractivity contribution in [3.05, 3.63) is 47.0 Å². The van der Waals surface area contributed by atoms with Crippen molar-refractivity contribution in [1.82, 2.24) is 0 Å². The largest absolute Gasteiger partial charge is 0.456 e. The van der Waals surface area contributed by atoms with Gasteiger partial charge in [0.1, 0.15) is 16.5 Å². The van der Waals surface area contributed by atoms with Crippen LogP contribution in [0.25, 0.3) is 0 Å². The van der Waals surface area contributed by atoms with Gasteiger partial charge in [0.2, 0.25) is 6.79 Å². The maximum absolute atomic E-state index is 6.14. The van der Waals surface area contributed by atoms with E-state index in [9.17, 15) is 0 Å². The van der Waals surface area contributed by atoms with Crippen LogP contribution in [0.15, 0.2) is 36.4 Å². The van der Waals surface area contributed by atoms with E-state index in [-0.39, 0.29) is 6.79 Å². The van der Waals surface area contributed by atoms with Gasteiger partial charge in [0.05, 0.1) is 5.02 Å². The van der Waals surface area contributed by atoms with E-state index in [4.69, 9.17) is 43.8 Å². The number of nitrogens with two attached hydrogens (primary N) is 1. The molecule has 0 bridgehead atoms. The summed E-state index contributed by atoms with van der Waals surface area (Å²) in [5.41, 5.74) is 6.25. The van der Waals surface area contributed by atoms with Crippen molar-refractivity contribution in [2.45, 2.75) is 0 Å². The first-order valence-electron chi connectivity index (χ1n) is 5.80. The molecule has 0 radical (unpaired) electrons. The number of fused-ring (bicyclic) bond motifs is 1. The van der Waals surface area contributed by atoms with Gasteiger partial charge in [-0.3, -0.25) is 0 Å². The summed E-state index contributed by atoms with van der Waals surface area (Å²) in [6.45, 7) is 0.224. The van der Waals surface area contributed by atoms with Crippen LogP contribution in [-0.2, 0) is 0 Å². The Balaban J connectivity index is 1.86. The second kappa shape index (κ2) is 5.19. The Hall–Kier alpha value is -1.98. The highest BCUT2D eigenvalue weighted by molar-refractivity contribution is 7.80. The summed E-state index contributed by atoms with van der Waals surface area (Å²) in [5, 5.41) is 0.438. The number of halogens is 1. The Bertz CT molecular complexity index is 690. The van der Waals surface area contributed by atoms with Crippen LogP contribution in [0.3, 0.4) is 0 Å². The summed E-state index contributed by atoms with van der Waals surface area (Å²) in [4.78, 5) is 0.293. The molecular weight excluding hydrogens is 298 g/mol. The first-order chi connectivity index (χ1) is 9.63. The second-order valence-corrected chi connectivity index (χ2v) is 4.97.